The predicted molar refractivity (Wildman–Crippen MR) is 90.9 cm³/mol. The van der Waals surface area contributed by atoms with E-state index in [1.54, 1.807) is 12.1 Å². The Balaban J connectivity index is 1.59. The minimum atomic E-state index is -0.213. The van der Waals surface area contributed by atoms with E-state index in [-0.39, 0.29) is 18.6 Å². The van der Waals surface area contributed by atoms with E-state index in [1.165, 1.54) is 17.7 Å². The molecule has 2 heterocycles. The van der Waals surface area contributed by atoms with Gasteiger partial charge in [-0.15, -0.1) is 11.3 Å². The summed E-state index contributed by atoms with van der Waals surface area (Å²) in [5.41, 5.74) is 0.977. The molecule has 23 heavy (non-hydrogen) atoms. The highest BCUT2D eigenvalue weighted by atomic mass is 35.5. The van der Waals surface area contributed by atoms with Gasteiger partial charge in [0, 0.05) is 5.02 Å². The van der Waals surface area contributed by atoms with Gasteiger partial charge in [-0.2, -0.15) is 0 Å². The normalized spacial score (nSPS) is 12.1. The number of carbonyl (C=O) groups is 1. The molecule has 0 spiro atoms. The van der Waals surface area contributed by atoms with Crippen molar-refractivity contribution in [3.05, 3.63) is 52.6 Å². The molecular formula is C16H14ClN3O2S. The Morgan fingerprint density at radius 1 is 1.30 bits per heavy atom. The largest absolute Gasteiger partial charge is 0.467 e. The molecule has 1 amide bonds. The van der Waals surface area contributed by atoms with E-state index in [4.69, 9.17) is 16.3 Å². The number of aromatic nitrogens is 2. The van der Waals surface area contributed by atoms with E-state index in [1.807, 2.05) is 30.5 Å². The first kappa shape index (κ1) is 15.7. The van der Waals surface area contributed by atoms with Gasteiger partial charge in [0.25, 0.3) is 5.91 Å². The number of hydrogen-bond acceptors (Lipinski definition) is 5. The molecular weight excluding hydrogens is 334 g/mol. The van der Waals surface area contributed by atoms with Crippen LogP contribution in [0.4, 0.5) is 0 Å². The maximum Gasteiger partial charge on any atom is 0.258 e. The molecule has 1 N–H and O–H groups in total. The van der Waals surface area contributed by atoms with Crippen molar-refractivity contribution < 1.29 is 9.53 Å². The van der Waals surface area contributed by atoms with Gasteiger partial charge in [-0.3, -0.25) is 4.79 Å². The molecule has 0 aliphatic heterocycles. The second kappa shape index (κ2) is 6.93. The van der Waals surface area contributed by atoms with Crippen LogP contribution in [-0.4, -0.2) is 22.5 Å². The van der Waals surface area contributed by atoms with Crippen LogP contribution in [0.5, 0.6) is 5.88 Å². The summed E-state index contributed by atoms with van der Waals surface area (Å²) in [7, 11) is 0. The van der Waals surface area contributed by atoms with Gasteiger partial charge in [0.1, 0.15) is 11.2 Å². The fourth-order valence-corrected chi connectivity index (χ4v) is 2.98. The zero-order valence-electron chi connectivity index (χ0n) is 12.3. The van der Waals surface area contributed by atoms with Crippen LogP contribution in [0.3, 0.4) is 0 Å². The van der Waals surface area contributed by atoms with Gasteiger partial charge >= 0.3 is 0 Å². The summed E-state index contributed by atoms with van der Waals surface area (Å²) in [5.74, 6) is 0.208. The number of benzene rings is 1. The van der Waals surface area contributed by atoms with Crippen LogP contribution < -0.4 is 10.1 Å². The number of nitrogens with zero attached hydrogens (tertiary/aromatic N) is 2. The lowest BCUT2D eigenvalue weighted by atomic mass is 10.1. The third kappa shape index (κ3) is 3.78. The molecule has 0 bridgehead atoms. The summed E-state index contributed by atoms with van der Waals surface area (Å²) in [6, 6.07) is 9.11. The lowest BCUT2D eigenvalue weighted by Crippen LogP contribution is -2.31. The van der Waals surface area contributed by atoms with Crippen molar-refractivity contribution >= 4 is 39.1 Å². The number of nitrogens with one attached hydrogen (secondary N) is 1. The minimum Gasteiger partial charge on any atom is -0.467 e. The standard InChI is InChI=1S/C16H14ClN3O2S/c1-10(11-2-4-12(17)5-3-11)20-14(21)8-22-15-13-6-7-23-16(13)19-9-18-15/h2-7,9-10H,8H2,1H3,(H,20,21). The van der Waals surface area contributed by atoms with Crippen molar-refractivity contribution in [2.45, 2.75) is 13.0 Å². The van der Waals surface area contributed by atoms with E-state index < -0.39 is 0 Å². The number of rotatable bonds is 5. The molecule has 3 aromatic rings. The first-order valence-electron chi connectivity index (χ1n) is 6.99. The van der Waals surface area contributed by atoms with Gasteiger partial charge in [-0.05, 0) is 36.1 Å². The average Bonchev–Trinajstić information content (AvgIpc) is 3.02. The van der Waals surface area contributed by atoms with E-state index >= 15 is 0 Å². The molecule has 1 atom stereocenters. The number of ether oxygens (including phenoxy) is 1. The van der Waals surface area contributed by atoms with Gasteiger partial charge in [-0.25, -0.2) is 9.97 Å². The second-order valence-electron chi connectivity index (χ2n) is 4.95. The van der Waals surface area contributed by atoms with Crippen molar-refractivity contribution in [2.24, 2.45) is 0 Å². The molecule has 1 aromatic carbocycles. The van der Waals surface area contributed by atoms with Crippen molar-refractivity contribution in [3.63, 3.8) is 0 Å². The third-order valence-corrected chi connectivity index (χ3v) is 4.39. The van der Waals surface area contributed by atoms with Crippen LogP contribution in [-0.2, 0) is 4.79 Å². The Bertz CT molecular complexity index is 820. The number of fused-ring (bicyclic) bond motifs is 1. The van der Waals surface area contributed by atoms with Crippen LogP contribution in [0, 0.1) is 0 Å². The monoisotopic (exact) mass is 347 g/mol. The number of amides is 1. The molecule has 0 aliphatic carbocycles. The molecule has 0 saturated carbocycles. The average molecular weight is 348 g/mol. The molecule has 0 fully saturated rings. The van der Waals surface area contributed by atoms with Crippen LogP contribution in [0.15, 0.2) is 42.0 Å². The number of hydrogen-bond donors (Lipinski definition) is 1. The highest BCUT2D eigenvalue weighted by molar-refractivity contribution is 7.16. The van der Waals surface area contributed by atoms with Gasteiger partial charge in [0.05, 0.1) is 11.4 Å². The Morgan fingerprint density at radius 3 is 2.87 bits per heavy atom. The number of thiophene rings is 1. The second-order valence-corrected chi connectivity index (χ2v) is 6.28. The molecule has 0 aliphatic rings. The van der Waals surface area contributed by atoms with Crippen molar-refractivity contribution in [3.8, 4) is 5.88 Å². The van der Waals surface area contributed by atoms with E-state index in [0.717, 1.165) is 15.8 Å². The number of carbonyl (C=O) groups excluding carboxylic acids is 1. The summed E-state index contributed by atoms with van der Waals surface area (Å²) >= 11 is 7.36. The van der Waals surface area contributed by atoms with E-state index in [9.17, 15) is 4.79 Å². The van der Waals surface area contributed by atoms with E-state index in [2.05, 4.69) is 15.3 Å². The quantitative estimate of drug-likeness (QED) is 0.766. The molecule has 118 valence electrons. The molecule has 1 unspecified atom stereocenters. The SMILES string of the molecule is CC(NC(=O)COc1ncnc2sccc12)c1ccc(Cl)cc1. The Morgan fingerprint density at radius 2 is 2.09 bits per heavy atom. The Hall–Kier alpha value is -2.18. The molecule has 2 aromatic heterocycles. The molecule has 0 radical (unpaired) electrons. The van der Waals surface area contributed by atoms with Gasteiger partial charge in [0.2, 0.25) is 5.88 Å². The predicted octanol–water partition coefficient (Wildman–Crippen LogP) is 3.60. The smallest absolute Gasteiger partial charge is 0.258 e. The summed E-state index contributed by atoms with van der Waals surface area (Å²) in [5, 5.41) is 6.27. The van der Waals surface area contributed by atoms with Gasteiger partial charge in [-0.1, -0.05) is 23.7 Å². The highest BCUT2D eigenvalue weighted by Crippen LogP contribution is 2.25. The van der Waals surface area contributed by atoms with Crippen molar-refractivity contribution in [1.82, 2.24) is 15.3 Å². The zero-order chi connectivity index (χ0) is 16.2. The lowest BCUT2D eigenvalue weighted by molar-refractivity contribution is -0.123. The first-order valence-corrected chi connectivity index (χ1v) is 8.25. The summed E-state index contributed by atoms with van der Waals surface area (Å²) in [6.45, 7) is 1.81. The maximum absolute atomic E-state index is 12.0. The molecule has 3 rings (SSSR count). The van der Waals surface area contributed by atoms with Crippen LogP contribution in [0.2, 0.25) is 5.02 Å². The summed E-state index contributed by atoms with van der Waals surface area (Å²) in [6.07, 6.45) is 1.43. The topological polar surface area (TPSA) is 64.1 Å². The van der Waals surface area contributed by atoms with Crippen LogP contribution in [0.25, 0.3) is 10.2 Å². The summed E-state index contributed by atoms with van der Waals surface area (Å²) < 4.78 is 5.52. The molecule has 0 saturated heterocycles. The number of halogens is 1. The third-order valence-electron chi connectivity index (χ3n) is 3.31. The Kier molecular flexibility index (Phi) is 4.73. The van der Waals surface area contributed by atoms with Crippen molar-refractivity contribution in [1.29, 1.82) is 0 Å². The Labute approximate surface area is 142 Å². The minimum absolute atomic E-state index is 0.0973. The van der Waals surface area contributed by atoms with Crippen LogP contribution >= 0.6 is 22.9 Å². The van der Waals surface area contributed by atoms with Gasteiger partial charge < -0.3 is 10.1 Å². The van der Waals surface area contributed by atoms with Gasteiger partial charge in [0.15, 0.2) is 6.61 Å². The maximum atomic E-state index is 12.0. The highest BCUT2D eigenvalue weighted by Gasteiger charge is 2.12. The van der Waals surface area contributed by atoms with Crippen LogP contribution in [0.1, 0.15) is 18.5 Å². The van der Waals surface area contributed by atoms with E-state index in [0.29, 0.717) is 10.9 Å². The van der Waals surface area contributed by atoms with Crippen molar-refractivity contribution in [2.75, 3.05) is 6.61 Å². The summed E-state index contributed by atoms with van der Waals surface area (Å²) in [4.78, 5) is 21.1. The first-order chi connectivity index (χ1) is 11.1. The fourth-order valence-electron chi connectivity index (χ4n) is 2.13. The lowest BCUT2D eigenvalue weighted by Gasteiger charge is -2.14. The molecule has 5 nitrogen and oxygen atoms in total. The fraction of sp³-hybridized carbons (Fsp3) is 0.188. The zero-order valence-corrected chi connectivity index (χ0v) is 13.9. The molecule has 7 heteroatoms.